The fraction of sp³-hybridized carbons (Fsp3) is 0.875. The summed E-state index contributed by atoms with van der Waals surface area (Å²) >= 11 is 0. The third kappa shape index (κ3) is 5.99. The van der Waals surface area contributed by atoms with Crippen LogP contribution in [0.4, 0.5) is 4.79 Å². The van der Waals surface area contributed by atoms with E-state index in [-0.39, 0.29) is 13.0 Å². The van der Waals surface area contributed by atoms with E-state index < -0.39 is 29.2 Å². The summed E-state index contributed by atoms with van der Waals surface area (Å²) in [6, 6.07) is 0. The average molecular weight is 330 g/mol. The molecule has 1 saturated heterocycles. The summed E-state index contributed by atoms with van der Waals surface area (Å²) < 4.78 is 5.34. The molecule has 7 nitrogen and oxygen atoms in total. The van der Waals surface area contributed by atoms with Crippen molar-refractivity contribution in [1.29, 1.82) is 0 Å². The van der Waals surface area contributed by atoms with Gasteiger partial charge >= 0.3 is 12.1 Å². The second kappa shape index (κ2) is 7.49. The molecule has 7 heteroatoms. The standard InChI is InChI=1S/C16H30N2O5/c1-15(2,3)23-14(22)18-8-6-7-16(11-18,13(20)21)9-12(19)10-17(4)5/h12,19H,6-11H2,1-5H3,(H,20,21)/t12-,16+/m1/s1. The molecule has 1 aliphatic heterocycles. The minimum Gasteiger partial charge on any atom is -0.481 e. The molecule has 23 heavy (non-hydrogen) atoms. The molecule has 2 N–H and O–H groups in total. The largest absolute Gasteiger partial charge is 0.481 e. The number of piperidine rings is 1. The summed E-state index contributed by atoms with van der Waals surface area (Å²) in [6.07, 6.45) is -0.0868. The number of likely N-dealkylation sites (N-methyl/N-ethyl adjacent to an activating group) is 1. The first-order valence-corrected chi connectivity index (χ1v) is 7.99. The van der Waals surface area contributed by atoms with Crippen LogP contribution < -0.4 is 0 Å². The van der Waals surface area contributed by atoms with Crippen LogP contribution >= 0.6 is 0 Å². The van der Waals surface area contributed by atoms with Crippen molar-refractivity contribution in [3.63, 3.8) is 0 Å². The fourth-order valence-electron chi connectivity index (χ4n) is 2.98. The lowest BCUT2D eigenvalue weighted by Gasteiger charge is -2.41. The van der Waals surface area contributed by atoms with Crippen molar-refractivity contribution in [2.24, 2.45) is 5.41 Å². The average Bonchev–Trinajstić information content (AvgIpc) is 2.35. The zero-order valence-corrected chi connectivity index (χ0v) is 14.8. The van der Waals surface area contributed by atoms with Crippen LogP contribution in [0.15, 0.2) is 0 Å². The van der Waals surface area contributed by atoms with Gasteiger partial charge in [-0.1, -0.05) is 0 Å². The number of nitrogens with zero attached hydrogens (tertiary/aromatic N) is 2. The molecule has 0 aromatic heterocycles. The van der Waals surface area contributed by atoms with Gasteiger partial charge in [-0.05, 0) is 54.1 Å². The minimum absolute atomic E-state index is 0.0712. The van der Waals surface area contributed by atoms with Crippen LogP contribution in [0.3, 0.4) is 0 Å². The number of likely N-dealkylation sites (tertiary alicyclic amines) is 1. The predicted molar refractivity (Wildman–Crippen MR) is 86.3 cm³/mol. The molecular formula is C16H30N2O5. The molecular weight excluding hydrogens is 300 g/mol. The summed E-state index contributed by atoms with van der Waals surface area (Å²) in [6.45, 7) is 6.28. The highest BCUT2D eigenvalue weighted by atomic mass is 16.6. The van der Waals surface area contributed by atoms with Gasteiger partial charge in [-0.3, -0.25) is 4.79 Å². The summed E-state index contributed by atoms with van der Waals surface area (Å²) in [7, 11) is 3.65. The van der Waals surface area contributed by atoms with Crippen LogP contribution in [0.25, 0.3) is 0 Å². The highest BCUT2D eigenvalue weighted by Gasteiger charge is 2.45. The zero-order valence-electron chi connectivity index (χ0n) is 14.8. The van der Waals surface area contributed by atoms with E-state index in [2.05, 4.69) is 0 Å². The number of amides is 1. The molecule has 0 bridgehead atoms. The molecule has 0 saturated carbocycles. The van der Waals surface area contributed by atoms with Crippen LogP contribution in [0.1, 0.15) is 40.0 Å². The fourth-order valence-corrected chi connectivity index (χ4v) is 2.98. The third-order valence-electron chi connectivity index (χ3n) is 3.88. The number of aliphatic carboxylic acids is 1. The van der Waals surface area contributed by atoms with Gasteiger partial charge in [-0.25, -0.2) is 4.79 Å². The second-order valence-electron chi connectivity index (χ2n) is 7.71. The van der Waals surface area contributed by atoms with Crippen molar-refractivity contribution < 1.29 is 24.5 Å². The van der Waals surface area contributed by atoms with Gasteiger partial charge in [0, 0.05) is 19.6 Å². The van der Waals surface area contributed by atoms with Gasteiger partial charge in [0.05, 0.1) is 11.5 Å². The molecule has 1 rings (SSSR count). The molecule has 1 fully saturated rings. The van der Waals surface area contributed by atoms with Gasteiger partial charge in [0.2, 0.25) is 0 Å². The first-order valence-electron chi connectivity index (χ1n) is 7.99. The van der Waals surface area contributed by atoms with Crippen LogP contribution in [0, 0.1) is 5.41 Å². The van der Waals surface area contributed by atoms with Gasteiger partial charge in [0.25, 0.3) is 0 Å². The number of aliphatic hydroxyl groups is 1. The number of hydrogen-bond acceptors (Lipinski definition) is 5. The quantitative estimate of drug-likeness (QED) is 0.792. The lowest BCUT2D eigenvalue weighted by atomic mass is 9.75. The number of carbonyl (C=O) groups excluding carboxylic acids is 1. The Balaban J connectivity index is 2.83. The Morgan fingerprint density at radius 3 is 2.43 bits per heavy atom. The molecule has 1 aliphatic rings. The lowest BCUT2D eigenvalue weighted by Crippen LogP contribution is -2.52. The van der Waals surface area contributed by atoms with Crippen molar-refractivity contribution in [3.05, 3.63) is 0 Å². The molecule has 134 valence electrons. The molecule has 0 aromatic carbocycles. The van der Waals surface area contributed by atoms with Crippen LogP contribution in [-0.4, -0.2) is 77.5 Å². The molecule has 1 heterocycles. The van der Waals surface area contributed by atoms with Crippen LogP contribution in [-0.2, 0) is 9.53 Å². The molecule has 0 aliphatic carbocycles. The number of hydrogen-bond donors (Lipinski definition) is 2. The maximum absolute atomic E-state index is 12.2. The summed E-state index contributed by atoms with van der Waals surface area (Å²) in [4.78, 5) is 27.3. The Morgan fingerprint density at radius 2 is 1.96 bits per heavy atom. The van der Waals surface area contributed by atoms with E-state index in [4.69, 9.17) is 4.74 Å². The number of carboxylic acids is 1. The van der Waals surface area contributed by atoms with Crippen LogP contribution in [0.2, 0.25) is 0 Å². The Kier molecular flexibility index (Phi) is 6.41. The lowest BCUT2D eigenvalue weighted by molar-refractivity contribution is -0.155. The van der Waals surface area contributed by atoms with Crippen molar-refractivity contribution in [3.8, 4) is 0 Å². The Labute approximate surface area is 138 Å². The smallest absolute Gasteiger partial charge is 0.410 e. The van der Waals surface area contributed by atoms with Crippen LogP contribution in [0.5, 0.6) is 0 Å². The Hall–Kier alpha value is -1.34. The normalized spacial score (nSPS) is 23.7. The molecule has 1 amide bonds. The van der Waals surface area contributed by atoms with Crippen molar-refractivity contribution in [1.82, 2.24) is 9.80 Å². The monoisotopic (exact) mass is 330 g/mol. The Bertz CT molecular complexity index is 433. The molecule has 0 spiro atoms. The number of aliphatic hydroxyl groups excluding tert-OH is 1. The first kappa shape index (κ1) is 19.7. The summed E-state index contributed by atoms with van der Waals surface area (Å²) in [5, 5.41) is 19.9. The van der Waals surface area contributed by atoms with E-state index in [0.717, 1.165) is 0 Å². The minimum atomic E-state index is -1.12. The zero-order chi connectivity index (χ0) is 17.8. The van der Waals surface area contributed by atoms with Gasteiger partial charge in [-0.2, -0.15) is 0 Å². The summed E-state index contributed by atoms with van der Waals surface area (Å²) in [5.41, 5.74) is -1.74. The predicted octanol–water partition coefficient (Wildman–Crippen LogP) is 1.40. The Morgan fingerprint density at radius 1 is 1.35 bits per heavy atom. The number of rotatable bonds is 5. The van der Waals surface area contributed by atoms with E-state index in [0.29, 0.717) is 25.9 Å². The number of ether oxygens (including phenoxy) is 1. The maximum atomic E-state index is 12.2. The maximum Gasteiger partial charge on any atom is 0.410 e. The highest BCUT2D eigenvalue weighted by Crippen LogP contribution is 2.35. The topological polar surface area (TPSA) is 90.3 Å². The van der Waals surface area contributed by atoms with E-state index >= 15 is 0 Å². The van der Waals surface area contributed by atoms with E-state index in [1.807, 2.05) is 19.0 Å². The molecule has 0 unspecified atom stereocenters. The first-order chi connectivity index (χ1) is 10.4. The SMILES string of the molecule is CN(C)C[C@H](O)C[C@@]1(C(=O)O)CCCN(C(=O)OC(C)(C)C)C1. The highest BCUT2D eigenvalue weighted by molar-refractivity contribution is 5.77. The number of carbonyl (C=O) groups is 2. The molecule has 0 aromatic rings. The van der Waals surface area contributed by atoms with Crippen molar-refractivity contribution >= 4 is 12.1 Å². The van der Waals surface area contributed by atoms with Gasteiger partial charge in [-0.15, -0.1) is 0 Å². The molecule has 2 atom stereocenters. The van der Waals surface area contributed by atoms with E-state index in [1.54, 1.807) is 20.8 Å². The molecule has 0 radical (unpaired) electrons. The van der Waals surface area contributed by atoms with Gasteiger partial charge < -0.3 is 24.7 Å². The van der Waals surface area contributed by atoms with Gasteiger partial charge in [0.1, 0.15) is 5.60 Å². The van der Waals surface area contributed by atoms with E-state index in [1.165, 1.54) is 4.90 Å². The third-order valence-corrected chi connectivity index (χ3v) is 3.88. The van der Waals surface area contributed by atoms with Crippen molar-refractivity contribution in [2.45, 2.75) is 51.7 Å². The van der Waals surface area contributed by atoms with E-state index in [9.17, 15) is 19.8 Å². The van der Waals surface area contributed by atoms with Crippen molar-refractivity contribution in [2.75, 3.05) is 33.7 Å². The second-order valence-corrected chi connectivity index (χ2v) is 7.71. The van der Waals surface area contributed by atoms with Gasteiger partial charge in [0.15, 0.2) is 0 Å². The number of carboxylic acid groups (broad SMARTS) is 1. The summed E-state index contributed by atoms with van der Waals surface area (Å²) in [5.74, 6) is -0.969.